The summed E-state index contributed by atoms with van der Waals surface area (Å²) in [5.41, 5.74) is 14.4. The van der Waals surface area contributed by atoms with Crippen LogP contribution in [0.5, 0.6) is 0 Å². The fraction of sp³-hybridized carbons (Fsp3) is 0.250. The highest BCUT2D eigenvalue weighted by molar-refractivity contribution is 7.25. The van der Waals surface area contributed by atoms with Gasteiger partial charge in [-0.1, -0.05) is 111 Å². The van der Waals surface area contributed by atoms with E-state index in [0.717, 1.165) is 40.2 Å². The lowest BCUT2D eigenvalue weighted by molar-refractivity contribution is -0.0398. The lowest BCUT2D eigenvalue weighted by Gasteiger charge is -2.61. The Kier molecular flexibility index (Phi) is 6.29. The van der Waals surface area contributed by atoms with Crippen LogP contribution >= 0.6 is 11.3 Å². The van der Waals surface area contributed by atoms with Crippen molar-refractivity contribution in [3.05, 3.63) is 150 Å². The van der Waals surface area contributed by atoms with Crippen LogP contribution in [0.2, 0.25) is 0 Å². The van der Waals surface area contributed by atoms with E-state index in [9.17, 15) is 0 Å². The molecule has 6 aliphatic carbocycles. The van der Waals surface area contributed by atoms with Gasteiger partial charge in [0.05, 0.1) is 0 Å². The number of aromatic nitrogens is 3. The van der Waals surface area contributed by atoms with E-state index in [4.69, 9.17) is 15.0 Å². The number of fused-ring (bicyclic) bond motifs is 9. The molecule has 0 saturated heterocycles. The van der Waals surface area contributed by atoms with Crippen LogP contribution in [0.15, 0.2) is 127 Å². The molecule has 14 rings (SSSR count). The third-order valence-corrected chi connectivity index (χ3v) is 16.0. The molecule has 2 aromatic heterocycles. The summed E-state index contributed by atoms with van der Waals surface area (Å²) in [6, 6.07) is 47.6. The molecule has 0 aliphatic heterocycles. The summed E-state index contributed by atoms with van der Waals surface area (Å²) in [5.74, 6) is 5.29. The van der Waals surface area contributed by atoms with Crippen molar-refractivity contribution >= 4 is 31.5 Å². The van der Waals surface area contributed by atoms with Crippen LogP contribution in [0.3, 0.4) is 0 Å². The summed E-state index contributed by atoms with van der Waals surface area (Å²) >= 11 is 1.94. The lowest BCUT2D eigenvalue weighted by atomic mass is 9.43. The second-order valence-electron chi connectivity index (χ2n) is 18.0. The van der Waals surface area contributed by atoms with Gasteiger partial charge in [0.25, 0.3) is 0 Å². The molecule has 56 heavy (non-hydrogen) atoms. The Bertz CT molecular complexity index is 2940. The van der Waals surface area contributed by atoms with Crippen LogP contribution in [-0.4, -0.2) is 15.0 Å². The van der Waals surface area contributed by atoms with Gasteiger partial charge in [-0.25, -0.2) is 15.0 Å². The molecule has 0 atom stereocenters. The number of nitrogens with zero attached hydrogens (tertiary/aromatic N) is 3. The van der Waals surface area contributed by atoms with E-state index in [0.29, 0.717) is 17.7 Å². The van der Waals surface area contributed by atoms with Gasteiger partial charge in [-0.2, -0.15) is 0 Å². The highest BCUT2D eigenvalue weighted by Crippen LogP contribution is 2.70. The van der Waals surface area contributed by atoms with Gasteiger partial charge < -0.3 is 0 Å². The Morgan fingerprint density at radius 1 is 0.446 bits per heavy atom. The zero-order valence-electron chi connectivity index (χ0n) is 31.7. The molecule has 4 saturated carbocycles. The van der Waals surface area contributed by atoms with Gasteiger partial charge in [-0.05, 0) is 131 Å². The number of hydrogen-bond donors (Lipinski definition) is 0. The SMILES string of the molecule is CC1(C)c2ccccc2-c2cc(-c3nc(-c4ccccc4)nc(-c4ccc5c(c4)C4(c6cc7c(cc6-5)sc5ccccc57)C5CC6CC(C5)CC4C6)n3)ccc21. The zero-order valence-corrected chi connectivity index (χ0v) is 32.5. The lowest BCUT2D eigenvalue weighted by Crippen LogP contribution is -2.55. The molecule has 0 radical (unpaired) electrons. The maximum Gasteiger partial charge on any atom is 0.164 e. The quantitative estimate of drug-likeness (QED) is 0.181. The Hall–Kier alpha value is -5.45. The van der Waals surface area contributed by atoms with Gasteiger partial charge in [0, 0.05) is 47.7 Å². The van der Waals surface area contributed by atoms with Crippen molar-refractivity contribution in [3.8, 4) is 56.4 Å². The van der Waals surface area contributed by atoms with Gasteiger partial charge in [-0.15, -0.1) is 11.3 Å². The number of benzene rings is 6. The maximum absolute atomic E-state index is 5.37. The Morgan fingerprint density at radius 3 is 1.82 bits per heavy atom. The molecule has 6 aliphatic rings. The minimum absolute atomic E-state index is 0.0314. The van der Waals surface area contributed by atoms with Gasteiger partial charge in [0.2, 0.25) is 0 Å². The van der Waals surface area contributed by atoms with Crippen molar-refractivity contribution in [2.45, 2.75) is 56.8 Å². The van der Waals surface area contributed by atoms with Crippen molar-refractivity contribution in [1.82, 2.24) is 15.0 Å². The van der Waals surface area contributed by atoms with Crippen molar-refractivity contribution in [2.75, 3.05) is 0 Å². The van der Waals surface area contributed by atoms with Crippen molar-refractivity contribution in [3.63, 3.8) is 0 Å². The first-order valence-corrected chi connectivity index (χ1v) is 21.4. The largest absolute Gasteiger partial charge is 0.208 e. The zero-order chi connectivity index (χ0) is 36.9. The summed E-state index contributed by atoms with van der Waals surface area (Å²) in [6.07, 6.45) is 6.85. The fourth-order valence-corrected chi connectivity index (χ4v) is 13.9. The van der Waals surface area contributed by atoms with E-state index in [1.807, 2.05) is 11.3 Å². The summed E-state index contributed by atoms with van der Waals surface area (Å²) in [7, 11) is 0. The van der Waals surface area contributed by atoms with Crippen LogP contribution in [0.25, 0.3) is 76.6 Å². The van der Waals surface area contributed by atoms with E-state index < -0.39 is 0 Å². The van der Waals surface area contributed by atoms with Crippen LogP contribution in [0.1, 0.15) is 68.2 Å². The van der Waals surface area contributed by atoms with Crippen LogP contribution < -0.4 is 0 Å². The van der Waals surface area contributed by atoms with E-state index in [-0.39, 0.29) is 10.8 Å². The molecule has 8 aromatic rings. The highest BCUT2D eigenvalue weighted by atomic mass is 32.1. The Labute approximate surface area is 331 Å². The van der Waals surface area contributed by atoms with Gasteiger partial charge >= 0.3 is 0 Å². The van der Waals surface area contributed by atoms with Gasteiger partial charge in [-0.3, -0.25) is 0 Å². The van der Waals surface area contributed by atoms with Crippen molar-refractivity contribution in [1.29, 1.82) is 0 Å². The molecule has 4 bridgehead atoms. The number of rotatable bonds is 3. The Balaban J connectivity index is 1.02. The number of hydrogen-bond acceptors (Lipinski definition) is 4. The summed E-state index contributed by atoms with van der Waals surface area (Å²) in [5, 5.41) is 2.83. The minimum atomic E-state index is -0.0536. The predicted molar refractivity (Wildman–Crippen MR) is 230 cm³/mol. The molecular formula is C52H41N3S. The average Bonchev–Trinajstić information content (AvgIpc) is 3.82. The summed E-state index contributed by atoms with van der Waals surface area (Å²) < 4.78 is 2.79. The standard InChI is InChI=1S/C52H41N3S/c1-51(2)42-14-8-6-12-36(42)39-25-32(17-19-43(39)51)49-53-48(31-10-4-3-5-11-31)54-50(55-49)33-16-18-37-40-28-47-41(38-13-7-9-15-46(38)56-47)27-45(40)52(44(37)26-33)34-21-29-20-30(23-34)24-35(52)22-29/h3-19,25-30,34-35H,20-24H2,1-2H3. The second-order valence-corrected chi connectivity index (χ2v) is 19.1. The van der Waals surface area contributed by atoms with E-state index >= 15 is 0 Å². The first-order chi connectivity index (χ1) is 27.4. The molecule has 4 heteroatoms. The topological polar surface area (TPSA) is 38.7 Å². The second kappa shape index (κ2) is 11.1. The molecule has 6 aromatic carbocycles. The molecular weight excluding hydrogens is 699 g/mol. The molecule has 270 valence electrons. The average molecular weight is 740 g/mol. The third-order valence-electron chi connectivity index (χ3n) is 14.9. The van der Waals surface area contributed by atoms with E-state index in [1.165, 1.54) is 91.2 Å². The molecule has 3 nitrogen and oxygen atoms in total. The first-order valence-electron chi connectivity index (χ1n) is 20.6. The monoisotopic (exact) mass is 739 g/mol. The smallest absolute Gasteiger partial charge is 0.164 e. The highest BCUT2D eigenvalue weighted by Gasteiger charge is 2.61. The van der Waals surface area contributed by atoms with Crippen molar-refractivity contribution < 1.29 is 0 Å². The van der Waals surface area contributed by atoms with E-state index in [1.54, 1.807) is 5.56 Å². The normalized spacial score (nSPS) is 24.5. The van der Waals surface area contributed by atoms with Crippen molar-refractivity contribution in [2.24, 2.45) is 23.7 Å². The molecule has 4 fully saturated rings. The molecule has 2 heterocycles. The molecule has 0 N–H and O–H groups in total. The van der Waals surface area contributed by atoms with Crippen LogP contribution in [0.4, 0.5) is 0 Å². The third kappa shape index (κ3) is 4.15. The predicted octanol–water partition coefficient (Wildman–Crippen LogP) is 13.3. The maximum atomic E-state index is 5.37. The Morgan fingerprint density at radius 2 is 1.04 bits per heavy atom. The van der Waals surface area contributed by atoms with Crippen LogP contribution in [-0.2, 0) is 10.8 Å². The first kappa shape index (κ1) is 31.7. The number of thiophene rings is 1. The fourth-order valence-electron chi connectivity index (χ4n) is 12.8. The van der Waals surface area contributed by atoms with Gasteiger partial charge in [0.1, 0.15) is 0 Å². The minimum Gasteiger partial charge on any atom is -0.208 e. The molecule has 0 amide bonds. The van der Waals surface area contributed by atoms with Crippen LogP contribution in [0, 0.1) is 23.7 Å². The molecule has 1 spiro atoms. The van der Waals surface area contributed by atoms with Gasteiger partial charge in [0.15, 0.2) is 17.5 Å². The summed E-state index contributed by atoms with van der Waals surface area (Å²) in [4.78, 5) is 15.8. The summed E-state index contributed by atoms with van der Waals surface area (Å²) in [6.45, 7) is 4.67. The van der Waals surface area contributed by atoms with E-state index in [2.05, 4.69) is 141 Å². The molecule has 0 unspecified atom stereocenters.